The molecule has 1 spiro atoms. The Kier molecular flexibility index (Phi) is 5.68. The molecule has 3 aliphatic heterocycles. The standard InChI is InChI=1S/C28H28N4O4/c1-35-27(34)31-13-10-19(16-31)17-32-25(30-28(26(32)33)11-14-36-18-28)22-7-4-20(5-8-22)23-9-6-21-3-2-12-29-24(21)15-23/h2-9,12,15,19H,10-11,13-14,16-18H2,1H3/t19-,28?/m1/s1. The number of hydrogen-bond acceptors (Lipinski definition) is 6. The summed E-state index contributed by atoms with van der Waals surface area (Å²) >= 11 is 0. The SMILES string of the molecule is COC(=O)N1CC[C@@H](CN2C(=O)C3(CCOC3)N=C2c2ccc(-c3ccc4cccnc4c3)cc2)C1. The number of hydrogen-bond donors (Lipinski definition) is 0. The summed E-state index contributed by atoms with van der Waals surface area (Å²) in [7, 11) is 1.40. The van der Waals surface area contributed by atoms with Crippen molar-refractivity contribution >= 4 is 28.7 Å². The molecular weight excluding hydrogens is 456 g/mol. The third-order valence-corrected chi connectivity index (χ3v) is 7.46. The van der Waals surface area contributed by atoms with Crippen molar-refractivity contribution in [1.82, 2.24) is 14.8 Å². The van der Waals surface area contributed by atoms with Crippen molar-refractivity contribution in [2.45, 2.75) is 18.4 Å². The Morgan fingerprint density at radius 2 is 1.94 bits per heavy atom. The van der Waals surface area contributed by atoms with E-state index >= 15 is 0 Å². The van der Waals surface area contributed by atoms with Crippen LogP contribution in [0.15, 0.2) is 65.8 Å². The van der Waals surface area contributed by atoms with E-state index < -0.39 is 5.54 Å². The summed E-state index contributed by atoms with van der Waals surface area (Å²) in [4.78, 5) is 38.5. The predicted molar refractivity (Wildman–Crippen MR) is 136 cm³/mol. The van der Waals surface area contributed by atoms with Crippen molar-refractivity contribution < 1.29 is 19.1 Å². The maximum Gasteiger partial charge on any atom is 0.409 e. The molecule has 0 saturated carbocycles. The van der Waals surface area contributed by atoms with Crippen molar-refractivity contribution in [1.29, 1.82) is 0 Å². The highest BCUT2D eigenvalue weighted by molar-refractivity contribution is 6.15. The molecule has 2 amide bonds. The topological polar surface area (TPSA) is 84.3 Å². The molecule has 2 aromatic carbocycles. The van der Waals surface area contributed by atoms with Gasteiger partial charge in [0.1, 0.15) is 5.84 Å². The first-order valence-electron chi connectivity index (χ1n) is 12.3. The van der Waals surface area contributed by atoms with Crippen LogP contribution < -0.4 is 0 Å². The summed E-state index contributed by atoms with van der Waals surface area (Å²) in [6.45, 7) is 2.57. The molecule has 2 saturated heterocycles. The van der Waals surface area contributed by atoms with E-state index in [1.807, 2.05) is 23.1 Å². The maximum atomic E-state index is 13.6. The summed E-state index contributed by atoms with van der Waals surface area (Å²) in [5, 5.41) is 1.11. The minimum absolute atomic E-state index is 0.00352. The molecule has 1 aromatic heterocycles. The quantitative estimate of drug-likeness (QED) is 0.563. The van der Waals surface area contributed by atoms with E-state index in [2.05, 4.69) is 41.4 Å². The van der Waals surface area contributed by atoms with Crippen LogP contribution in [0.3, 0.4) is 0 Å². The molecule has 0 N–H and O–H groups in total. The van der Waals surface area contributed by atoms with E-state index in [4.69, 9.17) is 14.5 Å². The van der Waals surface area contributed by atoms with Crippen LogP contribution >= 0.6 is 0 Å². The molecule has 3 aliphatic rings. The molecule has 8 heteroatoms. The van der Waals surface area contributed by atoms with Gasteiger partial charge in [0.05, 0.1) is 19.2 Å². The largest absolute Gasteiger partial charge is 0.453 e. The van der Waals surface area contributed by atoms with Gasteiger partial charge in [0.15, 0.2) is 5.54 Å². The van der Waals surface area contributed by atoms with Gasteiger partial charge in [0, 0.05) is 49.8 Å². The van der Waals surface area contributed by atoms with Crippen LogP contribution in [-0.2, 0) is 14.3 Å². The normalized spacial score (nSPS) is 23.6. The van der Waals surface area contributed by atoms with Crippen LogP contribution in [0, 0.1) is 5.92 Å². The number of nitrogens with zero attached hydrogens (tertiary/aromatic N) is 4. The zero-order valence-electron chi connectivity index (χ0n) is 20.2. The molecule has 4 heterocycles. The van der Waals surface area contributed by atoms with E-state index in [0.29, 0.717) is 45.1 Å². The van der Waals surface area contributed by atoms with E-state index in [9.17, 15) is 9.59 Å². The lowest BCUT2D eigenvalue weighted by Gasteiger charge is -2.25. The Morgan fingerprint density at radius 3 is 2.72 bits per heavy atom. The zero-order valence-corrected chi connectivity index (χ0v) is 20.2. The van der Waals surface area contributed by atoms with E-state index in [1.54, 1.807) is 11.1 Å². The van der Waals surface area contributed by atoms with Crippen LogP contribution in [0.5, 0.6) is 0 Å². The number of fused-ring (bicyclic) bond motifs is 1. The van der Waals surface area contributed by atoms with Gasteiger partial charge >= 0.3 is 6.09 Å². The third kappa shape index (κ3) is 3.91. The molecule has 6 rings (SSSR count). The van der Waals surface area contributed by atoms with Gasteiger partial charge < -0.3 is 14.4 Å². The van der Waals surface area contributed by atoms with Crippen LogP contribution in [0.4, 0.5) is 4.79 Å². The van der Waals surface area contributed by atoms with Gasteiger partial charge in [-0.1, -0.05) is 42.5 Å². The highest BCUT2D eigenvalue weighted by Gasteiger charge is 2.51. The first-order chi connectivity index (χ1) is 17.6. The Labute approximate surface area is 209 Å². The molecule has 0 aliphatic carbocycles. The fraction of sp³-hybridized carbons (Fsp3) is 0.357. The van der Waals surface area contributed by atoms with Gasteiger partial charge in [-0.2, -0.15) is 0 Å². The average molecular weight is 485 g/mol. The number of carbonyl (C=O) groups excluding carboxylic acids is 2. The van der Waals surface area contributed by atoms with Crippen molar-refractivity contribution in [2.75, 3.05) is 40.0 Å². The summed E-state index contributed by atoms with van der Waals surface area (Å²) in [5.74, 6) is 0.852. The Bertz CT molecular complexity index is 1350. The van der Waals surface area contributed by atoms with Gasteiger partial charge in [-0.05, 0) is 35.6 Å². The lowest BCUT2D eigenvalue weighted by Crippen LogP contribution is -2.45. The first kappa shape index (κ1) is 22.7. The monoisotopic (exact) mass is 484 g/mol. The minimum atomic E-state index is -0.835. The summed E-state index contributed by atoms with van der Waals surface area (Å²) in [6.07, 6.45) is 2.90. The van der Waals surface area contributed by atoms with Gasteiger partial charge in [-0.25, -0.2) is 9.79 Å². The Balaban J connectivity index is 1.27. The number of benzene rings is 2. The Hall–Kier alpha value is -3.78. The lowest BCUT2D eigenvalue weighted by molar-refractivity contribution is -0.131. The number of methoxy groups -OCH3 is 1. The van der Waals surface area contributed by atoms with E-state index in [0.717, 1.165) is 34.0 Å². The van der Waals surface area contributed by atoms with Crippen molar-refractivity contribution in [2.24, 2.45) is 10.9 Å². The minimum Gasteiger partial charge on any atom is -0.453 e. The van der Waals surface area contributed by atoms with Crippen molar-refractivity contribution in [3.63, 3.8) is 0 Å². The van der Waals surface area contributed by atoms with E-state index in [1.165, 1.54) is 7.11 Å². The van der Waals surface area contributed by atoms with E-state index in [-0.39, 0.29) is 17.9 Å². The maximum absolute atomic E-state index is 13.6. The molecule has 1 unspecified atom stereocenters. The predicted octanol–water partition coefficient (Wildman–Crippen LogP) is 3.74. The Morgan fingerprint density at radius 1 is 1.14 bits per heavy atom. The van der Waals surface area contributed by atoms with Crippen LogP contribution in [0.1, 0.15) is 18.4 Å². The van der Waals surface area contributed by atoms with Crippen LogP contribution in [0.25, 0.3) is 22.0 Å². The molecule has 0 radical (unpaired) electrons. The average Bonchev–Trinajstić information content (AvgIpc) is 3.65. The van der Waals surface area contributed by atoms with Crippen LogP contribution in [0.2, 0.25) is 0 Å². The lowest BCUT2D eigenvalue weighted by atomic mass is 9.98. The van der Waals surface area contributed by atoms with Crippen LogP contribution in [-0.4, -0.2) is 78.1 Å². The molecule has 2 atom stereocenters. The highest BCUT2D eigenvalue weighted by Crippen LogP contribution is 2.35. The smallest absolute Gasteiger partial charge is 0.409 e. The second-order valence-corrected chi connectivity index (χ2v) is 9.74. The fourth-order valence-electron chi connectivity index (χ4n) is 5.45. The van der Waals surface area contributed by atoms with Crippen molar-refractivity contribution in [3.05, 3.63) is 66.4 Å². The fourth-order valence-corrected chi connectivity index (χ4v) is 5.45. The van der Waals surface area contributed by atoms with Gasteiger partial charge in [0.2, 0.25) is 0 Å². The number of ether oxygens (including phenoxy) is 2. The molecule has 0 bridgehead atoms. The molecular formula is C28H28N4O4. The summed E-state index contributed by atoms with van der Waals surface area (Å²) in [5.41, 5.74) is 3.18. The number of rotatable bonds is 4. The number of likely N-dealkylation sites (tertiary alicyclic amines) is 1. The number of aromatic nitrogens is 1. The van der Waals surface area contributed by atoms with Gasteiger partial charge in [0.25, 0.3) is 5.91 Å². The highest BCUT2D eigenvalue weighted by atomic mass is 16.5. The second kappa shape index (κ2) is 9.02. The second-order valence-electron chi connectivity index (χ2n) is 9.74. The third-order valence-electron chi connectivity index (χ3n) is 7.46. The number of pyridine rings is 1. The van der Waals surface area contributed by atoms with Gasteiger partial charge in [-0.15, -0.1) is 0 Å². The van der Waals surface area contributed by atoms with Crippen molar-refractivity contribution in [3.8, 4) is 11.1 Å². The molecule has 8 nitrogen and oxygen atoms in total. The number of amides is 2. The number of aliphatic imine (C=N–C) groups is 1. The number of amidine groups is 1. The molecule has 36 heavy (non-hydrogen) atoms. The molecule has 2 fully saturated rings. The summed E-state index contributed by atoms with van der Waals surface area (Å²) < 4.78 is 10.5. The van der Waals surface area contributed by atoms with Gasteiger partial charge in [-0.3, -0.25) is 14.7 Å². The molecule has 3 aromatic rings. The number of carbonyl (C=O) groups is 2. The first-order valence-corrected chi connectivity index (χ1v) is 12.3. The molecule has 184 valence electrons. The zero-order chi connectivity index (χ0) is 24.7. The summed E-state index contributed by atoms with van der Waals surface area (Å²) in [6, 6.07) is 18.4.